The number of hydrogen-bond donors (Lipinski definition) is 0. The number of hydrogen-bond acceptors (Lipinski definition) is 8. The van der Waals surface area contributed by atoms with Crippen molar-refractivity contribution >= 4 is 40.9 Å². The number of thiophene rings is 1. The van der Waals surface area contributed by atoms with Crippen LogP contribution >= 0.6 is 11.3 Å². The summed E-state index contributed by atoms with van der Waals surface area (Å²) < 4.78 is 4.81. The zero-order chi connectivity index (χ0) is 29.4. The van der Waals surface area contributed by atoms with E-state index in [0.717, 1.165) is 27.5 Å². The third-order valence-corrected chi connectivity index (χ3v) is 7.50. The monoisotopic (exact) mass is 577 g/mol. The number of nitrogens with zero attached hydrogens (tertiary/aromatic N) is 5. The summed E-state index contributed by atoms with van der Waals surface area (Å²) in [6.45, 7) is 0.230. The third kappa shape index (κ3) is 6.22. The van der Waals surface area contributed by atoms with Crippen LogP contribution in [0.5, 0.6) is 0 Å². The molecule has 4 aromatic heterocycles. The largest absolute Gasteiger partial charge is 0.417 e. The van der Waals surface area contributed by atoms with Gasteiger partial charge in [-0.05, 0) is 83.9 Å². The zero-order valence-corrected chi connectivity index (χ0v) is 23.6. The lowest BCUT2D eigenvalue weighted by Crippen LogP contribution is -2.08. The summed E-state index contributed by atoms with van der Waals surface area (Å²) in [5, 5.41) is 11.5. The SMILES string of the molecule is N#C/C(=C\c1cc(-c2ccccn2)nc(-c2cc(-c3cc(N(c4ccccc4)c4ccccc4)cs3)ccn2)c1)OC=O. The Morgan fingerprint density at radius 3 is 2.07 bits per heavy atom. The number of anilines is 3. The normalized spacial score (nSPS) is 11.0. The minimum absolute atomic E-state index is 0.131. The van der Waals surface area contributed by atoms with Crippen LogP contribution in [0.4, 0.5) is 17.1 Å². The standard InChI is InChI=1S/C35H23N5O2S/c36-22-30(42-24-41)17-25-18-33(31-13-7-8-15-37-31)39-34(19-25)32-20-26(14-16-38-32)35-21-29(23-43-35)40(27-9-3-1-4-10-27)28-11-5-2-6-12-28/h1-21,23-24H/b30-17+. The molecular formula is C35H23N5O2S. The number of aromatic nitrogens is 3. The van der Waals surface area contributed by atoms with Crippen molar-refractivity contribution in [3.63, 3.8) is 0 Å². The number of ether oxygens (including phenoxy) is 1. The molecule has 2 aromatic carbocycles. The van der Waals surface area contributed by atoms with E-state index in [1.54, 1.807) is 35.9 Å². The molecule has 0 aliphatic rings. The molecule has 6 rings (SSSR count). The maximum absolute atomic E-state index is 10.9. The smallest absolute Gasteiger partial charge is 0.299 e. The summed E-state index contributed by atoms with van der Waals surface area (Å²) in [7, 11) is 0. The maximum atomic E-state index is 10.9. The van der Waals surface area contributed by atoms with Crippen molar-refractivity contribution in [3.8, 4) is 39.3 Å². The molecule has 0 saturated heterocycles. The number of nitriles is 1. The highest BCUT2D eigenvalue weighted by Gasteiger charge is 2.16. The van der Waals surface area contributed by atoms with Crippen molar-refractivity contribution in [1.82, 2.24) is 15.0 Å². The molecule has 0 aliphatic carbocycles. The van der Waals surface area contributed by atoms with Crippen LogP contribution in [0.15, 0.2) is 133 Å². The first-order chi connectivity index (χ1) is 21.2. The van der Waals surface area contributed by atoms with E-state index < -0.39 is 0 Å². The Labute approximate surface area is 252 Å². The van der Waals surface area contributed by atoms with Crippen molar-refractivity contribution in [3.05, 3.63) is 138 Å². The molecule has 0 fully saturated rings. The molecule has 0 amide bonds. The molecule has 7 nitrogen and oxygen atoms in total. The van der Waals surface area contributed by atoms with Gasteiger partial charge in [0.15, 0.2) is 0 Å². The van der Waals surface area contributed by atoms with Crippen LogP contribution in [-0.4, -0.2) is 21.4 Å². The highest BCUT2D eigenvalue weighted by atomic mass is 32.1. The minimum Gasteiger partial charge on any atom is -0.417 e. The summed E-state index contributed by atoms with van der Waals surface area (Å²) in [6.07, 6.45) is 4.94. The van der Waals surface area contributed by atoms with Gasteiger partial charge < -0.3 is 9.64 Å². The molecule has 206 valence electrons. The van der Waals surface area contributed by atoms with Crippen molar-refractivity contribution in [1.29, 1.82) is 5.26 Å². The van der Waals surface area contributed by atoms with Gasteiger partial charge in [0.25, 0.3) is 6.47 Å². The quantitative estimate of drug-likeness (QED) is 0.0967. The highest BCUT2D eigenvalue weighted by Crippen LogP contribution is 2.40. The second-order valence-electron chi connectivity index (χ2n) is 9.33. The first-order valence-corrected chi connectivity index (χ1v) is 14.2. The lowest BCUT2D eigenvalue weighted by molar-refractivity contribution is -0.124. The average molecular weight is 578 g/mol. The Bertz CT molecular complexity index is 1890. The minimum atomic E-state index is -0.131. The highest BCUT2D eigenvalue weighted by molar-refractivity contribution is 7.14. The molecule has 43 heavy (non-hydrogen) atoms. The fourth-order valence-electron chi connectivity index (χ4n) is 4.63. The van der Waals surface area contributed by atoms with E-state index >= 15 is 0 Å². The van der Waals surface area contributed by atoms with Gasteiger partial charge in [-0.25, -0.2) is 4.98 Å². The first-order valence-electron chi connectivity index (χ1n) is 13.3. The lowest BCUT2D eigenvalue weighted by Gasteiger charge is -2.23. The average Bonchev–Trinajstić information content (AvgIpc) is 3.56. The van der Waals surface area contributed by atoms with Crippen molar-refractivity contribution < 1.29 is 9.53 Å². The first kappa shape index (κ1) is 27.3. The number of benzene rings is 2. The molecule has 0 unspecified atom stereocenters. The Morgan fingerprint density at radius 1 is 0.744 bits per heavy atom. The summed E-state index contributed by atoms with van der Waals surface area (Å²) in [6, 6.07) is 37.7. The molecule has 8 heteroatoms. The van der Waals surface area contributed by atoms with E-state index in [1.165, 1.54) is 6.08 Å². The van der Waals surface area contributed by atoms with E-state index in [4.69, 9.17) is 9.72 Å². The van der Waals surface area contributed by atoms with Crippen molar-refractivity contribution in [2.24, 2.45) is 0 Å². The second kappa shape index (κ2) is 12.7. The molecule has 0 atom stereocenters. The number of pyridine rings is 3. The number of allylic oxidation sites excluding steroid dienone is 1. The van der Waals surface area contributed by atoms with Crippen molar-refractivity contribution in [2.75, 3.05) is 4.90 Å². The van der Waals surface area contributed by atoms with Gasteiger partial charge in [0.2, 0.25) is 5.76 Å². The van der Waals surface area contributed by atoms with E-state index in [2.05, 4.69) is 50.6 Å². The predicted molar refractivity (Wildman–Crippen MR) is 169 cm³/mol. The summed E-state index contributed by atoms with van der Waals surface area (Å²) in [5.74, 6) is -0.131. The molecule has 0 N–H and O–H groups in total. The third-order valence-electron chi connectivity index (χ3n) is 6.54. The number of rotatable bonds is 9. The number of carbonyl (C=O) groups excluding carboxylic acids is 1. The fraction of sp³-hybridized carbons (Fsp3) is 0. The zero-order valence-electron chi connectivity index (χ0n) is 22.7. The Hall–Kier alpha value is -5.91. The van der Waals surface area contributed by atoms with Gasteiger partial charge in [-0.2, -0.15) is 5.26 Å². The molecule has 6 aromatic rings. The Morgan fingerprint density at radius 2 is 1.42 bits per heavy atom. The van der Waals surface area contributed by atoms with Crippen LogP contribution in [0, 0.1) is 11.3 Å². The van der Waals surface area contributed by atoms with E-state index in [9.17, 15) is 10.1 Å². The van der Waals surface area contributed by atoms with Gasteiger partial charge in [0.05, 0.1) is 28.5 Å². The van der Waals surface area contributed by atoms with Crippen LogP contribution in [-0.2, 0) is 9.53 Å². The van der Waals surface area contributed by atoms with Crippen LogP contribution in [0.3, 0.4) is 0 Å². The predicted octanol–water partition coefficient (Wildman–Crippen LogP) is 8.44. The summed E-state index contributed by atoms with van der Waals surface area (Å²) >= 11 is 1.65. The van der Waals surface area contributed by atoms with Gasteiger partial charge in [-0.1, -0.05) is 42.5 Å². The van der Waals surface area contributed by atoms with Crippen LogP contribution < -0.4 is 4.90 Å². The molecule has 0 bridgehead atoms. The topological polar surface area (TPSA) is 92.0 Å². The van der Waals surface area contributed by atoms with Gasteiger partial charge in [0.1, 0.15) is 6.07 Å². The molecule has 0 aliphatic heterocycles. The van der Waals surface area contributed by atoms with Crippen LogP contribution in [0.2, 0.25) is 0 Å². The van der Waals surface area contributed by atoms with E-state index in [-0.39, 0.29) is 12.2 Å². The van der Waals surface area contributed by atoms with Gasteiger partial charge in [0, 0.05) is 34.0 Å². The number of para-hydroxylation sites is 2. The molecule has 0 radical (unpaired) electrons. The van der Waals surface area contributed by atoms with E-state index in [0.29, 0.717) is 28.3 Å². The number of carbonyl (C=O) groups is 1. The second-order valence-corrected chi connectivity index (χ2v) is 10.2. The van der Waals surface area contributed by atoms with Gasteiger partial charge in [-0.15, -0.1) is 11.3 Å². The van der Waals surface area contributed by atoms with Gasteiger partial charge >= 0.3 is 0 Å². The van der Waals surface area contributed by atoms with Gasteiger partial charge in [-0.3, -0.25) is 14.8 Å². The van der Waals surface area contributed by atoms with Crippen LogP contribution in [0.1, 0.15) is 5.56 Å². The summed E-state index contributed by atoms with van der Waals surface area (Å²) in [4.78, 5) is 28.1. The molecule has 0 spiro atoms. The lowest BCUT2D eigenvalue weighted by atomic mass is 10.1. The molecule has 4 heterocycles. The van der Waals surface area contributed by atoms with Crippen molar-refractivity contribution in [2.45, 2.75) is 0 Å². The van der Waals surface area contributed by atoms with Crippen LogP contribution in [0.25, 0.3) is 39.3 Å². The Balaban J connectivity index is 1.40. The fourth-order valence-corrected chi connectivity index (χ4v) is 5.50. The molecule has 0 saturated carbocycles. The maximum Gasteiger partial charge on any atom is 0.299 e. The summed E-state index contributed by atoms with van der Waals surface area (Å²) in [5.41, 5.74) is 7.30. The van der Waals surface area contributed by atoms with E-state index in [1.807, 2.05) is 72.8 Å². The Kier molecular flexibility index (Phi) is 8.07. The molecular weight excluding hydrogens is 554 g/mol.